The first kappa shape index (κ1) is 21.8. The molecule has 0 N–H and O–H groups in total. The van der Waals surface area contributed by atoms with Crippen molar-refractivity contribution in [3.8, 4) is 17.0 Å². The molecule has 7 heteroatoms. The SMILES string of the molecule is CCOc1ccc(-c2cc(N3CCN(C(=O)/C=C/c4ccccc4Cl)CC3)ncn2)cc1. The standard InChI is InChI=1S/C25H25ClN4O2/c1-2-32-21-10-7-20(8-11-21)23-17-24(28-18-27-23)29-13-15-30(16-14-29)25(31)12-9-19-5-3-4-6-22(19)26/h3-12,17-18H,2,13-16H2,1H3/b12-9+. The Morgan fingerprint density at radius 1 is 1.06 bits per heavy atom. The van der Waals surface area contributed by atoms with Gasteiger partial charge in [-0.05, 0) is 48.9 Å². The molecule has 4 rings (SSSR count). The molecule has 0 spiro atoms. The molecule has 0 unspecified atom stereocenters. The molecule has 0 radical (unpaired) electrons. The van der Waals surface area contributed by atoms with E-state index in [1.165, 1.54) is 0 Å². The van der Waals surface area contributed by atoms with Gasteiger partial charge in [-0.25, -0.2) is 9.97 Å². The van der Waals surface area contributed by atoms with E-state index in [1.54, 1.807) is 18.5 Å². The predicted molar refractivity (Wildman–Crippen MR) is 128 cm³/mol. The number of hydrogen-bond donors (Lipinski definition) is 0. The van der Waals surface area contributed by atoms with Crippen molar-refractivity contribution in [1.82, 2.24) is 14.9 Å². The first-order chi connectivity index (χ1) is 15.6. The van der Waals surface area contributed by atoms with Crippen molar-refractivity contribution in [2.24, 2.45) is 0 Å². The number of amides is 1. The van der Waals surface area contributed by atoms with E-state index in [0.717, 1.165) is 28.4 Å². The third-order valence-corrected chi connectivity index (χ3v) is 5.68. The molecule has 0 aliphatic carbocycles. The van der Waals surface area contributed by atoms with Gasteiger partial charge < -0.3 is 14.5 Å². The Kier molecular flexibility index (Phi) is 7.02. The van der Waals surface area contributed by atoms with Crippen molar-refractivity contribution in [2.75, 3.05) is 37.7 Å². The molecule has 1 aliphatic heterocycles. The highest BCUT2D eigenvalue weighted by atomic mass is 35.5. The number of halogens is 1. The molecule has 0 saturated carbocycles. The van der Waals surface area contributed by atoms with Crippen LogP contribution >= 0.6 is 11.6 Å². The van der Waals surface area contributed by atoms with Gasteiger partial charge in [0.05, 0.1) is 12.3 Å². The van der Waals surface area contributed by atoms with Gasteiger partial charge in [-0.3, -0.25) is 4.79 Å². The van der Waals surface area contributed by atoms with Crippen molar-refractivity contribution in [3.05, 3.63) is 77.6 Å². The number of benzene rings is 2. The van der Waals surface area contributed by atoms with Crippen LogP contribution in [-0.4, -0.2) is 53.6 Å². The number of ether oxygens (including phenoxy) is 1. The Hall–Kier alpha value is -3.38. The minimum absolute atomic E-state index is 0.0117. The van der Waals surface area contributed by atoms with Crippen LogP contribution in [0.1, 0.15) is 12.5 Å². The van der Waals surface area contributed by atoms with Crippen LogP contribution in [-0.2, 0) is 4.79 Å². The van der Waals surface area contributed by atoms with Gasteiger partial charge in [0, 0.05) is 48.9 Å². The summed E-state index contributed by atoms with van der Waals surface area (Å²) in [5, 5.41) is 0.633. The number of carbonyl (C=O) groups excluding carboxylic acids is 1. The van der Waals surface area contributed by atoms with Gasteiger partial charge in [0.1, 0.15) is 17.9 Å². The Labute approximate surface area is 193 Å². The van der Waals surface area contributed by atoms with Crippen LogP contribution in [0.3, 0.4) is 0 Å². The maximum atomic E-state index is 12.6. The molecule has 2 aromatic carbocycles. The Balaban J connectivity index is 1.37. The molecule has 3 aromatic rings. The lowest BCUT2D eigenvalue weighted by molar-refractivity contribution is -0.126. The summed E-state index contributed by atoms with van der Waals surface area (Å²) < 4.78 is 5.51. The Bertz CT molecular complexity index is 1090. The molecule has 2 heterocycles. The van der Waals surface area contributed by atoms with Crippen LogP contribution in [0.4, 0.5) is 5.82 Å². The number of hydrogen-bond acceptors (Lipinski definition) is 5. The molecule has 0 bridgehead atoms. The van der Waals surface area contributed by atoms with Crippen LogP contribution in [0.25, 0.3) is 17.3 Å². The second-order valence-corrected chi connectivity index (χ2v) is 7.79. The van der Waals surface area contributed by atoms with E-state index < -0.39 is 0 Å². The first-order valence-corrected chi connectivity index (χ1v) is 11.0. The molecular formula is C25H25ClN4O2. The van der Waals surface area contributed by atoms with Gasteiger partial charge in [0.25, 0.3) is 0 Å². The van der Waals surface area contributed by atoms with Crippen LogP contribution in [0.15, 0.2) is 67.0 Å². The number of carbonyl (C=O) groups is 1. The van der Waals surface area contributed by atoms with Gasteiger partial charge >= 0.3 is 0 Å². The largest absolute Gasteiger partial charge is 0.494 e. The van der Waals surface area contributed by atoms with Crippen LogP contribution in [0.5, 0.6) is 5.75 Å². The normalized spacial score (nSPS) is 14.1. The number of aromatic nitrogens is 2. The predicted octanol–water partition coefficient (Wildman–Crippen LogP) is 4.56. The summed E-state index contributed by atoms with van der Waals surface area (Å²) in [6.45, 7) is 5.30. The second-order valence-electron chi connectivity index (χ2n) is 7.39. The molecule has 32 heavy (non-hydrogen) atoms. The van der Waals surface area contributed by atoms with Gasteiger partial charge in [0.15, 0.2) is 0 Å². The highest BCUT2D eigenvalue weighted by Gasteiger charge is 2.21. The van der Waals surface area contributed by atoms with Gasteiger partial charge in [0.2, 0.25) is 5.91 Å². The highest BCUT2D eigenvalue weighted by molar-refractivity contribution is 6.32. The highest BCUT2D eigenvalue weighted by Crippen LogP contribution is 2.24. The van der Waals surface area contributed by atoms with Crippen molar-refractivity contribution in [3.63, 3.8) is 0 Å². The van der Waals surface area contributed by atoms with E-state index in [1.807, 2.05) is 66.4 Å². The molecule has 1 aromatic heterocycles. The summed E-state index contributed by atoms with van der Waals surface area (Å²) in [6, 6.07) is 17.4. The minimum atomic E-state index is -0.0117. The first-order valence-electron chi connectivity index (χ1n) is 10.7. The van der Waals surface area contributed by atoms with Crippen LogP contribution < -0.4 is 9.64 Å². The van der Waals surface area contributed by atoms with E-state index in [-0.39, 0.29) is 5.91 Å². The average Bonchev–Trinajstić information content (AvgIpc) is 2.84. The number of nitrogens with zero attached hydrogens (tertiary/aromatic N) is 4. The minimum Gasteiger partial charge on any atom is -0.494 e. The summed E-state index contributed by atoms with van der Waals surface area (Å²) in [7, 11) is 0. The molecule has 6 nitrogen and oxygen atoms in total. The monoisotopic (exact) mass is 448 g/mol. The summed E-state index contributed by atoms with van der Waals surface area (Å²) in [5.74, 6) is 1.69. The van der Waals surface area contributed by atoms with E-state index >= 15 is 0 Å². The van der Waals surface area contributed by atoms with Crippen molar-refractivity contribution in [2.45, 2.75) is 6.92 Å². The zero-order valence-corrected chi connectivity index (χ0v) is 18.7. The number of piperazine rings is 1. The molecule has 1 aliphatic rings. The fourth-order valence-corrected chi connectivity index (χ4v) is 3.80. The fraction of sp³-hybridized carbons (Fsp3) is 0.240. The molecule has 0 atom stereocenters. The Morgan fingerprint density at radius 3 is 2.53 bits per heavy atom. The molecular weight excluding hydrogens is 424 g/mol. The molecule has 1 fully saturated rings. The van der Waals surface area contributed by atoms with E-state index in [9.17, 15) is 4.79 Å². The summed E-state index contributed by atoms with van der Waals surface area (Å²) in [4.78, 5) is 25.5. The number of anilines is 1. The molecule has 1 amide bonds. The van der Waals surface area contributed by atoms with Crippen molar-refractivity contribution in [1.29, 1.82) is 0 Å². The summed E-state index contributed by atoms with van der Waals surface area (Å²) >= 11 is 6.16. The zero-order valence-electron chi connectivity index (χ0n) is 17.9. The van der Waals surface area contributed by atoms with Gasteiger partial charge in [-0.1, -0.05) is 29.8 Å². The maximum Gasteiger partial charge on any atom is 0.246 e. The topological polar surface area (TPSA) is 58.6 Å². The fourth-order valence-electron chi connectivity index (χ4n) is 3.60. The van der Waals surface area contributed by atoms with E-state index in [2.05, 4.69) is 14.9 Å². The Morgan fingerprint density at radius 2 is 1.81 bits per heavy atom. The zero-order chi connectivity index (χ0) is 22.3. The van der Waals surface area contributed by atoms with Gasteiger partial charge in [-0.2, -0.15) is 0 Å². The summed E-state index contributed by atoms with van der Waals surface area (Å²) in [6.07, 6.45) is 4.95. The molecule has 164 valence electrons. The lowest BCUT2D eigenvalue weighted by Gasteiger charge is -2.35. The third-order valence-electron chi connectivity index (χ3n) is 5.34. The second kappa shape index (κ2) is 10.3. The van der Waals surface area contributed by atoms with Crippen LogP contribution in [0, 0.1) is 0 Å². The summed E-state index contributed by atoms with van der Waals surface area (Å²) in [5.41, 5.74) is 2.71. The lowest BCUT2D eigenvalue weighted by Crippen LogP contribution is -2.48. The van der Waals surface area contributed by atoms with Gasteiger partial charge in [-0.15, -0.1) is 0 Å². The van der Waals surface area contributed by atoms with Crippen LogP contribution in [0.2, 0.25) is 5.02 Å². The maximum absolute atomic E-state index is 12.6. The quantitative estimate of drug-likeness (QED) is 0.517. The van der Waals surface area contributed by atoms with E-state index in [4.69, 9.17) is 16.3 Å². The number of rotatable bonds is 6. The van der Waals surface area contributed by atoms with Crippen molar-refractivity contribution < 1.29 is 9.53 Å². The van der Waals surface area contributed by atoms with Crippen molar-refractivity contribution >= 4 is 29.4 Å². The lowest BCUT2D eigenvalue weighted by atomic mass is 10.1. The average molecular weight is 449 g/mol. The smallest absolute Gasteiger partial charge is 0.246 e. The third kappa shape index (κ3) is 5.26. The molecule has 1 saturated heterocycles. The van der Waals surface area contributed by atoms with E-state index in [0.29, 0.717) is 37.8 Å².